The van der Waals surface area contributed by atoms with E-state index in [1.54, 1.807) is 18.2 Å². The summed E-state index contributed by atoms with van der Waals surface area (Å²) < 4.78 is 5.65. The minimum Gasteiger partial charge on any atom is -0.478 e. The molecule has 4 rings (SSSR count). The predicted octanol–water partition coefficient (Wildman–Crippen LogP) is 4.62. The summed E-state index contributed by atoms with van der Waals surface area (Å²) in [5.41, 5.74) is -0.0184. The van der Waals surface area contributed by atoms with Gasteiger partial charge in [0.25, 0.3) is 11.8 Å². The van der Waals surface area contributed by atoms with Crippen molar-refractivity contribution in [2.45, 2.75) is 0 Å². The predicted molar refractivity (Wildman–Crippen MR) is 117 cm³/mol. The maximum absolute atomic E-state index is 13.0. The fourth-order valence-electron chi connectivity index (χ4n) is 3.14. The van der Waals surface area contributed by atoms with Gasteiger partial charge < -0.3 is 9.52 Å². The third-order valence-corrected chi connectivity index (χ3v) is 5.42. The fraction of sp³-hybridized carbons (Fsp3) is 0. The number of nitrogens with one attached hydrogen (secondary N) is 1. The zero-order valence-corrected chi connectivity index (χ0v) is 17.5. The smallest absolute Gasteiger partial charge is 0.336 e. The third kappa shape index (κ3) is 3.77. The average Bonchev–Trinajstić information content (AvgIpc) is 3.22. The zero-order valence-electron chi connectivity index (χ0n) is 16.0. The minimum atomic E-state index is -1.13. The second kappa shape index (κ2) is 8.33. The number of barbiturate groups is 1. The van der Waals surface area contributed by atoms with E-state index < -0.39 is 23.8 Å². The highest BCUT2D eigenvalue weighted by Gasteiger charge is 2.38. The first-order chi connectivity index (χ1) is 15.3. The van der Waals surface area contributed by atoms with Gasteiger partial charge in [0.2, 0.25) is 0 Å². The number of hydrogen-bond donors (Lipinski definition) is 2. The quantitative estimate of drug-likeness (QED) is 0.424. The van der Waals surface area contributed by atoms with Crippen LogP contribution in [0.5, 0.6) is 0 Å². The van der Waals surface area contributed by atoms with Gasteiger partial charge in [-0.3, -0.25) is 14.9 Å². The molecule has 3 aromatic rings. The Hall–Kier alpha value is -3.88. The SMILES string of the molecule is O=C1NC(=O)N(c2cccc(Cl)c2Cl)C(=O)/C1=C/c1ccc(-c2ccccc2C(=O)O)o1. The number of carboxylic acid groups (broad SMARTS) is 1. The lowest BCUT2D eigenvalue weighted by atomic mass is 10.1. The summed E-state index contributed by atoms with van der Waals surface area (Å²) in [6.07, 6.45) is 1.16. The van der Waals surface area contributed by atoms with E-state index in [0.29, 0.717) is 10.5 Å². The van der Waals surface area contributed by atoms with Crippen molar-refractivity contribution in [1.82, 2.24) is 5.32 Å². The van der Waals surface area contributed by atoms with Crippen molar-refractivity contribution < 1.29 is 28.7 Å². The molecule has 0 aliphatic carbocycles. The van der Waals surface area contributed by atoms with Crippen LogP contribution in [0.1, 0.15) is 16.1 Å². The van der Waals surface area contributed by atoms with Crippen LogP contribution in [0, 0.1) is 0 Å². The molecule has 2 heterocycles. The molecule has 0 spiro atoms. The number of rotatable bonds is 4. The van der Waals surface area contributed by atoms with Crippen molar-refractivity contribution in [3.8, 4) is 11.3 Å². The largest absolute Gasteiger partial charge is 0.478 e. The molecule has 0 unspecified atom stereocenters. The van der Waals surface area contributed by atoms with Gasteiger partial charge in [-0.1, -0.05) is 47.5 Å². The molecule has 0 radical (unpaired) electrons. The Morgan fingerprint density at radius 2 is 1.75 bits per heavy atom. The lowest BCUT2D eigenvalue weighted by Crippen LogP contribution is -2.54. The van der Waals surface area contributed by atoms with E-state index in [1.807, 2.05) is 0 Å². The van der Waals surface area contributed by atoms with Gasteiger partial charge in [0, 0.05) is 5.56 Å². The highest BCUT2D eigenvalue weighted by atomic mass is 35.5. The number of hydrogen-bond acceptors (Lipinski definition) is 5. The van der Waals surface area contributed by atoms with E-state index in [-0.39, 0.29) is 38.4 Å². The minimum absolute atomic E-state index is 0.00980. The Bertz CT molecular complexity index is 1330. The molecular weight excluding hydrogens is 459 g/mol. The molecular formula is C22H12Cl2N2O6. The number of furan rings is 1. The number of carboxylic acids is 1. The number of imide groups is 2. The Kier molecular flexibility index (Phi) is 5.56. The van der Waals surface area contributed by atoms with Crippen molar-refractivity contribution in [2.24, 2.45) is 0 Å². The van der Waals surface area contributed by atoms with Crippen LogP contribution in [0.25, 0.3) is 17.4 Å². The molecule has 1 aliphatic heterocycles. The van der Waals surface area contributed by atoms with Crippen LogP contribution < -0.4 is 10.2 Å². The van der Waals surface area contributed by atoms with E-state index in [0.717, 1.165) is 6.08 Å². The van der Waals surface area contributed by atoms with Crippen LogP contribution in [0.15, 0.2) is 64.6 Å². The first kappa shape index (κ1) is 21.4. The molecule has 10 heteroatoms. The molecule has 2 aromatic carbocycles. The maximum atomic E-state index is 13.0. The molecule has 1 fully saturated rings. The van der Waals surface area contributed by atoms with Crippen molar-refractivity contribution in [3.63, 3.8) is 0 Å². The van der Waals surface area contributed by atoms with Crippen LogP contribution >= 0.6 is 23.2 Å². The zero-order chi connectivity index (χ0) is 23.0. The van der Waals surface area contributed by atoms with Gasteiger partial charge in [-0.15, -0.1) is 0 Å². The standard InChI is InChI=1S/C22H12Cl2N2O6/c23-15-6-3-7-16(18(15)24)26-20(28)14(19(27)25-22(26)31)10-11-8-9-17(32-11)12-4-1-2-5-13(12)21(29)30/h1-10H,(H,29,30)(H,25,27,31)/b14-10+. The first-order valence-electron chi connectivity index (χ1n) is 9.06. The van der Waals surface area contributed by atoms with Crippen LogP contribution in [-0.4, -0.2) is 28.9 Å². The van der Waals surface area contributed by atoms with Crippen molar-refractivity contribution in [3.05, 3.63) is 81.5 Å². The molecule has 1 saturated heterocycles. The Morgan fingerprint density at radius 1 is 1.00 bits per heavy atom. The molecule has 0 bridgehead atoms. The molecule has 2 N–H and O–H groups in total. The summed E-state index contributed by atoms with van der Waals surface area (Å²) in [6.45, 7) is 0. The van der Waals surface area contributed by atoms with Crippen molar-refractivity contribution in [2.75, 3.05) is 4.90 Å². The lowest BCUT2D eigenvalue weighted by Gasteiger charge is -2.27. The summed E-state index contributed by atoms with van der Waals surface area (Å²) in [5, 5.41) is 11.5. The lowest BCUT2D eigenvalue weighted by molar-refractivity contribution is -0.122. The molecule has 0 atom stereocenters. The number of anilines is 1. The van der Waals surface area contributed by atoms with Gasteiger partial charge in [-0.2, -0.15) is 0 Å². The monoisotopic (exact) mass is 470 g/mol. The maximum Gasteiger partial charge on any atom is 0.336 e. The number of urea groups is 1. The fourth-order valence-corrected chi connectivity index (χ4v) is 3.52. The van der Waals surface area contributed by atoms with E-state index in [4.69, 9.17) is 27.6 Å². The van der Waals surface area contributed by atoms with E-state index in [9.17, 15) is 24.3 Å². The van der Waals surface area contributed by atoms with Crippen LogP contribution in [0.4, 0.5) is 10.5 Å². The Balaban J connectivity index is 1.72. The summed E-state index contributed by atoms with van der Waals surface area (Å²) in [4.78, 5) is 49.8. The van der Waals surface area contributed by atoms with Gasteiger partial charge in [0.1, 0.15) is 17.1 Å². The van der Waals surface area contributed by atoms with Crippen molar-refractivity contribution >= 4 is 58.8 Å². The average molecular weight is 471 g/mol. The van der Waals surface area contributed by atoms with E-state index >= 15 is 0 Å². The van der Waals surface area contributed by atoms with Gasteiger partial charge in [-0.25, -0.2) is 14.5 Å². The van der Waals surface area contributed by atoms with Gasteiger partial charge in [0.05, 0.1) is 21.3 Å². The molecule has 8 nitrogen and oxygen atoms in total. The molecule has 4 amide bonds. The second-order valence-electron chi connectivity index (χ2n) is 6.58. The molecule has 32 heavy (non-hydrogen) atoms. The van der Waals surface area contributed by atoms with Crippen LogP contribution in [-0.2, 0) is 9.59 Å². The summed E-state index contributed by atoms with van der Waals surface area (Å²) in [6, 6.07) is 12.6. The number of carbonyl (C=O) groups excluding carboxylic acids is 3. The normalized spacial score (nSPS) is 15.2. The summed E-state index contributed by atoms with van der Waals surface area (Å²) in [5.74, 6) is -2.65. The second-order valence-corrected chi connectivity index (χ2v) is 7.37. The van der Waals surface area contributed by atoms with Gasteiger partial charge in [0.15, 0.2) is 0 Å². The van der Waals surface area contributed by atoms with Crippen LogP contribution in [0.2, 0.25) is 10.0 Å². The number of aromatic carboxylic acids is 1. The van der Waals surface area contributed by atoms with E-state index in [1.165, 1.54) is 36.4 Å². The number of nitrogens with zero attached hydrogens (tertiary/aromatic N) is 1. The summed E-state index contributed by atoms with van der Waals surface area (Å²) in [7, 11) is 0. The first-order valence-corrected chi connectivity index (χ1v) is 9.81. The summed E-state index contributed by atoms with van der Waals surface area (Å²) >= 11 is 12.1. The molecule has 160 valence electrons. The molecule has 1 aromatic heterocycles. The topological polar surface area (TPSA) is 117 Å². The van der Waals surface area contributed by atoms with Gasteiger partial charge >= 0.3 is 12.0 Å². The third-order valence-electron chi connectivity index (χ3n) is 4.61. The Labute approximate surface area is 190 Å². The number of carbonyl (C=O) groups is 4. The van der Waals surface area contributed by atoms with Crippen molar-refractivity contribution in [1.29, 1.82) is 0 Å². The number of halogens is 2. The molecule has 1 aliphatic rings. The van der Waals surface area contributed by atoms with Gasteiger partial charge in [-0.05, 0) is 36.4 Å². The van der Waals surface area contributed by atoms with E-state index in [2.05, 4.69) is 5.32 Å². The number of benzene rings is 2. The highest BCUT2D eigenvalue weighted by Crippen LogP contribution is 2.34. The number of amides is 4. The Morgan fingerprint density at radius 3 is 2.50 bits per heavy atom. The van der Waals surface area contributed by atoms with Crippen LogP contribution in [0.3, 0.4) is 0 Å². The molecule has 0 saturated carbocycles. The highest BCUT2D eigenvalue weighted by molar-refractivity contribution is 6.46.